The number of nitrogens with zero attached hydrogens (tertiary/aromatic N) is 3. The number of likely N-dealkylation sites (tertiary alicyclic amines) is 1. The number of hydrogen-bond donors (Lipinski definition) is 1. The summed E-state index contributed by atoms with van der Waals surface area (Å²) < 4.78 is 41.3. The zero-order chi connectivity index (χ0) is 19.7. The fourth-order valence-corrected chi connectivity index (χ4v) is 3.69. The Balaban J connectivity index is 2.05. The van der Waals surface area contributed by atoms with Crippen molar-refractivity contribution >= 4 is 5.91 Å². The third-order valence-electron chi connectivity index (χ3n) is 4.58. The van der Waals surface area contributed by atoms with Crippen molar-refractivity contribution in [2.75, 3.05) is 26.2 Å². The van der Waals surface area contributed by atoms with Gasteiger partial charge in [-0.25, -0.2) is 0 Å². The topological polar surface area (TPSA) is 50.2 Å². The molecule has 1 aromatic heterocycles. The fraction of sp³-hybridized carbons (Fsp3) is 0.778. The average molecular weight is 374 g/mol. The molecule has 0 saturated carbocycles. The second-order valence-corrected chi connectivity index (χ2v) is 8.45. The first-order chi connectivity index (χ1) is 11.9. The Kier molecular flexibility index (Phi) is 6.05. The lowest BCUT2D eigenvalue weighted by atomic mass is 9.92. The predicted octanol–water partition coefficient (Wildman–Crippen LogP) is 3.36. The maximum Gasteiger partial charge on any atom is 0.433 e. The van der Waals surface area contributed by atoms with Gasteiger partial charge in [-0.15, -0.1) is 0 Å². The van der Waals surface area contributed by atoms with E-state index < -0.39 is 28.9 Å². The number of amides is 1. The number of carbonyl (C=O) groups is 1. The van der Waals surface area contributed by atoms with E-state index in [1.54, 1.807) is 20.8 Å². The van der Waals surface area contributed by atoms with Crippen LogP contribution in [-0.4, -0.2) is 46.8 Å². The molecule has 0 aliphatic carbocycles. The summed E-state index contributed by atoms with van der Waals surface area (Å²) in [5.41, 5.74) is -2.29. The van der Waals surface area contributed by atoms with Crippen molar-refractivity contribution in [1.82, 2.24) is 20.0 Å². The van der Waals surface area contributed by atoms with Gasteiger partial charge in [0.25, 0.3) is 5.91 Å². The third kappa shape index (κ3) is 4.99. The molecule has 5 nitrogen and oxygen atoms in total. The quantitative estimate of drug-likeness (QED) is 0.879. The number of halogens is 3. The maximum atomic E-state index is 13.5. The van der Waals surface area contributed by atoms with E-state index in [1.807, 2.05) is 0 Å². The average Bonchev–Trinajstić information content (AvgIpc) is 2.91. The summed E-state index contributed by atoms with van der Waals surface area (Å²) in [6.45, 7) is 12.1. The van der Waals surface area contributed by atoms with Crippen molar-refractivity contribution in [2.45, 2.75) is 52.8 Å². The fourth-order valence-electron chi connectivity index (χ4n) is 3.69. The molecule has 2 rings (SSSR count). The molecule has 0 bridgehead atoms. The molecular formula is C18H29F3N4O. The second kappa shape index (κ2) is 7.58. The van der Waals surface area contributed by atoms with Gasteiger partial charge in [0.05, 0.1) is 17.3 Å². The molecule has 1 fully saturated rings. The molecule has 2 atom stereocenters. The first kappa shape index (κ1) is 20.7. The molecule has 0 aromatic carbocycles. The molecule has 148 valence electrons. The van der Waals surface area contributed by atoms with Crippen LogP contribution in [0.25, 0.3) is 0 Å². The van der Waals surface area contributed by atoms with Crippen LogP contribution in [0.15, 0.2) is 6.20 Å². The molecule has 1 aliphatic heterocycles. The van der Waals surface area contributed by atoms with Gasteiger partial charge in [0.1, 0.15) is 0 Å². The summed E-state index contributed by atoms with van der Waals surface area (Å²) in [6, 6.07) is 0. The SMILES string of the molecule is CC1CC(C)CN(CCNC(=O)c2cnn(C(C)(C)C)c2C(F)(F)F)C1. The monoisotopic (exact) mass is 374 g/mol. The highest BCUT2D eigenvalue weighted by Crippen LogP contribution is 2.34. The lowest BCUT2D eigenvalue weighted by molar-refractivity contribution is -0.146. The number of rotatable bonds is 4. The first-order valence-corrected chi connectivity index (χ1v) is 9.06. The van der Waals surface area contributed by atoms with Crippen molar-refractivity contribution in [3.8, 4) is 0 Å². The Morgan fingerprint density at radius 2 is 1.81 bits per heavy atom. The van der Waals surface area contributed by atoms with Crippen molar-refractivity contribution < 1.29 is 18.0 Å². The van der Waals surface area contributed by atoms with Crippen LogP contribution in [0.1, 0.15) is 57.1 Å². The third-order valence-corrected chi connectivity index (χ3v) is 4.58. The highest BCUT2D eigenvalue weighted by molar-refractivity contribution is 5.95. The molecule has 0 spiro atoms. The smallest absolute Gasteiger partial charge is 0.351 e. The van der Waals surface area contributed by atoms with Gasteiger partial charge in [-0.05, 0) is 39.0 Å². The number of aromatic nitrogens is 2. The second-order valence-electron chi connectivity index (χ2n) is 8.45. The Morgan fingerprint density at radius 1 is 1.23 bits per heavy atom. The van der Waals surface area contributed by atoms with Crippen LogP contribution in [0.4, 0.5) is 13.2 Å². The molecule has 1 aromatic rings. The van der Waals surface area contributed by atoms with Crippen LogP contribution in [0.5, 0.6) is 0 Å². The minimum absolute atomic E-state index is 0.316. The van der Waals surface area contributed by atoms with Gasteiger partial charge < -0.3 is 10.2 Å². The van der Waals surface area contributed by atoms with Crippen molar-refractivity contribution in [1.29, 1.82) is 0 Å². The number of nitrogens with one attached hydrogen (secondary N) is 1. The number of alkyl halides is 3. The van der Waals surface area contributed by atoms with Crippen LogP contribution in [0.2, 0.25) is 0 Å². The van der Waals surface area contributed by atoms with Gasteiger partial charge in [0.15, 0.2) is 5.69 Å². The van der Waals surface area contributed by atoms with Crippen LogP contribution in [0, 0.1) is 11.8 Å². The predicted molar refractivity (Wildman–Crippen MR) is 93.9 cm³/mol. The van der Waals surface area contributed by atoms with Crippen molar-refractivity contribution in [3.05, 3.63) is 17.5 Å². The Bertz CT molecular complexity index is 623. The molecular weight excluding hydrogens is 345 g/mol. The molecule has 1 aliphatic rings. The van der Waals surface area contributed by atoms with Crippen molar-refractivity contribution in [2.24, 2.45) is 11.8 Å². The zero-order valence-corrected chi connectivity index (χ0v) is 16.2. The zero-order valence-electron chi connectivity index (χ0n) is 16.2. The molecule has 1 saturated heterocycles. The molecule has 26 heavy (non-hydrogen) atoms. The van der Waals surface area contributed by atoms with Crippen LogP contribution >= 0.6 is 0 Å². The van der Waals surface area contributed by atoms with Crippen LogP contribution in [0.3, 0.4) is 0 Å². The molecule has 1 amide bonds. The number of piperidine rings is 1. The number of hydrogen-bond acceptors (Lipinski definition) is 3. The van der Waals surface area contributed by atoms with E-state index in [0.717, 1.165) is 24.0 Å². The maximum absolute atomic E-state index is 13.5. The van der Waals surface area contributed by atoms with E-state index in [0.29, 0.717) is 24.9 Å². The minimum Gasteiger partial charge on any atom is -0.351 e. The van der Waals surface area contributed by atoms with Gasteiger partial charge in [0, 0.05) is 26.2 Å². The highest BCUT2D eigenvalue weighted by atomic mass is 19.4. The molecule has 1 N–H and O–H groups in total. The normalized spacial score (nSPS) is 22.5. The summed E-state index contributed by atoms with van der Waals surface area (Å²) in [4.78, 5) is 14.6. The Labute approximate surface area is 152 Å². The highest BCUT2D eigenvalue weighted by Gasteiger charge is 2.42. The van der Waals surface area contributed by atoms with Crippen molar-refractivity contribution in [3.63, 3.8) is 0 Å². The van der Waals surface area contributed by atoms with Gasteiger partial charge in [-0.2, -0.15) is 18.3 Å². The minimum atomic E-state index is -4.64. The van der Waals surface area contributed by atoms with E-state index in [-0.39, 0.29) is 0 Å². The lowest BCUT2D eigenvalue weighted by Crippen LogP contribution is -2.43. The Hall–Kier alpha value is -1.57. The summed E-state index contributed by atoms with van der Waals surface area (Å²) in [6.07, 6.45) is -2.45. The molecule has 0 radical (unpaired) electrons. The van der Waals surface area contributed by atoms with E-state index in [1.165, 1.54) is 6.42 Å². The summed E-state index contributed by atoms with van der Waals surface area (Å²) in [7, 11) is 0. The van der Waals surface area contributed by atoms with Crippen LogP contribution < -0.4 is 5.32 Å². The van der Waals surface area contributed by atoms with E-state index in [2.05, 4.69) is 29.2 Å². The van der Waals surface area contributed by atoms with Crippen LogP contribution in [-0.2, 0) is 11.7 Å². The van der Waals surface area contributed by atoms with Gasteiger partial charge >= 0.3 is 6.18 Å². The number of carbonyl (C=O) groups excluding carboxylic acids is 1. The summed E-state index contributed by atoms with van der Waals surface area (Å²) >= 11 is 0. The molecule has 2 heterocycles. The Morgan fingerprint density at radius 3 is 2.31 bits per heavy atom. The van der Waals surface area contributed by atoms with E-state index >= 15 is 0 Å². The summed E-state index contributed by atoms with van der Waals surface area (Å²) in [5, 5.41) is 6.44. The van der Waals surface area contributed by atoms with Gasteiger partial charge in [-0.3, -0.25) is 9.48 Å². The standard InChI is InChI=1S/C18H29F3N4O/c1-12-8-13(2)11-24(10-12)7-6-22-16(26)14-9-23-25(17(3,4)5)15(14)18(19,20)21/h9,12-13H,6-8,10-11H2,1-5H3,(H,22,26). The lowest BCUT2D eigenvalue weighted by Gasteiger charge is -2.34. The van der Waals surface area contributed by atoms with Gasteiger partial charge in [0.2, 0.25) is 0 Å². The van der Waals surface area contributed by atoms with Gasteiger partial charge in [-0.1, -0.05) is 13.8 Å². The summed E-state index contributed by atoms with van der Waals surface area (Å²) in [5.74, 6) is 0.457. The van der Waals surface area contributed by atoms with E-state index in [9.17, 15) is 18.0 Å². The van der Waals surface area contributed by atoms with E-state index in [4.69, 9.17) is 0 Å². The molecule has 2 unspecified atom stereocenters. The molecule has 8 heteroatoms. The first-order valence-electron chi connectivity index (χ1n) is 9.06. The largest absolute Gasteiger partial charge is 0.433 e.